The fourth-order valence-corrected chi connectivity index (χ4v) is 4.71. The van der Waals surface area contributed by atoms with E-state index in [2.05, 4.69) is 52.7 Å². The van der Waals surface area contributed by atoms with Gasteiger partial charge >= 0.3 is 0 Å². The number of nitrogens with zero attached hydrogens (tertiary/aromatic N) is 3. The van der Waals surface area contributed by atoms with E-state index < -0.39 is 0 Å². The molecule has 1 aliphatic heterocycles. The molecular formula is C27H23N3OS. The minimum atomic E-state index is 0.115. The summed E-state index contributed by atoms with van der Waals surface area (Å²) >= 11 is 1.44. The molecule has 1 aromatic heterocycles. The number of aromatic nitrogens is 2. The van der Waals surface area contributed by atoms with Crippen LogP contribution in [-0.2, 0) is 11.2 Å². The normalized spacial score (nSPS) is 12.9. The molecule has 0 fully saturated rings. The topological polar surface area (TPSA) is 46.1 Å². The van der Waals surface area contributed by atoms with Crippen molar-refractivity contribution in [1.29, 1.82) is 0 Å². The van der Waals surface area contributed by atoms with Gasteiger partial charge < -0.3 is 4.90 Å². The summed E-state index contributed by atoms with van der Waals surface area (Å²) < 4.78 is 0. The maximum Gasteiger partial charge on any atom is 0.237 e. The zero-order chi connectivity index (χ0) is 21.8. The molecule has 5 rings (SSSR count). The first-order valence-electron chi connectivity index (χ1n) is 10.8. The number of hydrogen-bond donors (Lipinski definition) is 0. The predicted molar refractivity (Wildman–Crippen MR) is 131 cm³/mol. The largest absolute Gasteiger partial charge is 0.311 e. The van der Waals surface area contributed by atoms with Crippen LogP contribution in [0.5, 0.6) is 0 Å². The van der Waals surface area contributed by atoms with Crippen LogP contribution in [0.15, 0.2) is 96.0 Å². The summed E-state index contributed by atoms with van der Waals surface area (Å²) in [6.45, 7) is 0.778. The lowest BCUT2D eigenvalue weighted by molar-refractivity contribution is -0.116. The number of benzene rings is 3. The maximum absolute atomic E-state index is 12.8. The minimum Gasteiger partial charge on any atom is -0.311 e. The second kappa shape index (κ2) is 9.37. The van der Waals surface area contributed by atoms with Gasteiger partial charge in [0.1, 0.15) is 5.03 Å². The van der Waals surface area contributed by atoms with Gasteiger partial charge in [-0.05, 0) is 47.7 Å². The Morgan fingerprint density at radius 3 is 2.28 bits per heavy atom. The predicted octanol–water partition coefficient (Wildman–Crippen LogP) is 5.88. The van der Waals surface area contributed by atoms with E-state index in [0.717, 1.165) is 41.4 Å². The van der Waals surface area contributed by atoms with E-state index in [4.69, 9.17) is 0 Å². The summed E-state index contributed by atoms with van der Waals surface area (Å²) in [5.41, 5.74) is 6.51. The minimum absolute atomic E-state index is 0.115. The van der Waals surface area contributed by atoms with Crippen LogP contribution in [-0.4, -0.2) is 28.4 Å². The highest BCUT2D eigenvalue weighted by Gasteiger charge is 2.22. The van der Waals surface area contributed by atoms with E-state index in [1.807, 2.05) is 53.4 Å². The lowest BCUT2D eigenvalue weighted by Crippen LogP contribution is -2.36. The molecule has 1 amide bonds. The van der Waals surface area contributed by atoms with E-state index in [0.29, 0.717) is 5.75 Å². The Bertz CT molecular complexity index is 1210. The summed E-state index contributed by atoms with van der Waals surface area (Å²) in [5.74, 6) is 0.471. The first-order valence-corrected chi connectivity index (χ1v) is 11.8. The standard InChI is InChI=1S/C27H23N3OS/c31-27(30-18-6-10-23-9-4-5-11-25(23)30)19-32-26-17-16-24(28-29-26)22-14-12-21(13-15-22)20-7-2-1-3-8-20/h1-5,7-9,11-17H,6,10,18-19H2. The van der Waals surface area contributed by atoms with Gasteiger partial charge in [0.05, 0.1) is 11.4 Å². The highest BCUT2D eigenvalue weighted by molar-refractivity contribution is 7.99. The van der Waals surface area contributed by atoms with Crippen LogP contribution in [0.2, 0.25) is 0 Å². The van der Waals surface area contributed by atoms with Crippen molar-refractivity contribution in [2.24, 2.45) is 0 Å². The summed E-state index contributed by atoms with van der Waals surface area (Å²) in [4.78, 5) is 14.7. The van der Waals surface area contributed by atoms with E-state index in [1.165, 1.54) is 28.5 Å². The van der Waals surface area contributed by atoms with Crippen LogP contribution in [0.1, 0.15) is 12.0 Å². The molecule has 4 aromatic rings. The lowest BCUT2D eigenvalue weighted by Gasteiger charge is -2.29. The second-order valence-electron chi connectivity index (χ2n) is 7.77. The highest BCUT2D eigenvalue weighted by atomic mass is 32.2. The average molecular weight is 438 g/mol. The average Bonchev–Trinajstić information content (AvgIpc) is 2.88. The van der Waals surface area contributed by atoms with Crippen molar-refractivity contribution < 1.29 is 4.79 Å². The molecule has 5 heteroatoms. The molecule has 0 unspecified atom stereocenters. The number of thioether (sulfide) groups is 1. The van der Waals surface area contributed by atoms with Crippen LogP contribution in [0.4, 0.5) is 5.69 Å². The number of hydrogen-bond acceptors (Lipinski definition) is 4. The SMILES string of the molecule is O=C(CSc1ccc(-c2ccc(-c3ccccc3)cc2)nn1)N1CCCc2ccccc21. The number of fused-ring (bicyclic) bond motifs is 1. The van der Waals surface area contributed by atoms with Crippen LogP contribution >= 0.6 is 11.8 Å². The quantitative estimate of drug-likeness (QED) is 0.366. The number of amides is 1. The molecule has 2 heterocycles. The highest BCUT2D eigenvalue weighted by Crippen LogP contribution is 2.28. The Morgan fingerprint density at radius 1 is 0.781 bits per heavy atom. The Labute approximate surface area is 192 Å². The molecule has 3 aromatic carbocycles. The summed E-state index contributed by atoms with van der Waals surface area (Å²) in [6.07, 6.45) is 2.04. The van der Waals surface area contributed by atoms with E-state index in [-0.39, 0.29) is 5.91 Å². The number of para-hydroxylation sites is 1. The van der Waals surface area contributed by atoms with E-state index >= 15 is 0 Å². The number of anilines is 1. The molecule has 0 saturated carbocycles. The summed E-state index contributed by atoms with van der Waals surface area (Å²) in [6, 6.07) is 30.7. The monoisotopic (exact) mass is 437 g/mol. The lowest BCUT2D eigenvalue weighted by atomic mass is 10.0. The third-order valence-electron chi connectivity index (χ3n) is 5.68. The first kappa shape index (κ1) is 20.5. The smallest absolute Gasteiger partial charge is 0.237 e. The van der Waals surface area contributed by atoms with Crippen molar-refractivity contribution in [2.45, 2.75) is 17.9 Å². The van der Waals surface area contributed by atoms with Crippen molar-refractivity contribution in [1.82, 2.24) is 10.2 Å². The molecular weight excluding hydrogens is 414 g/mol. The van der Waals surface area contributed by atoms with Gasteiger partial charge in [0.25, 0.3) is 0 Å². The van der Waals surface area contributed by atoms with Gasteiger partial charge in [-0.1, -0.05) is 84.6 Å². The van der Waals surface area contributed by atoms with Gasteiger partial charge in [-0.2, -0.15) is 0 Å². The van der Waals surface area contributed by atoms with Crippen LogP contribution in [0, 0.1) is 0 Å². The Balaban J connectivity index is 1.22. The second-order valence-corrected chi connectivity index (χ2v) is 8.76. The zero-order valence-electron chi connectivity index (χ0n) is 17.6. The van der Waals surface area contributed by atoms with Gasteiger partial charge in [-0.15, -0.1) is 10.2 Å². The molecule has 0 atom stereocenters. The summed E-state index contributed by atoms with van der Waals surface area (Å²) in [7, 11) is 0. The Hall–Kier alpha value is -3.44. The van der Waals surface area contributed by atoms with Crippen LogP contribution < -0.4 is 4.90 Å². The number of carbonyl (C=O) groups excluding carboxylic acids is 1. The van der Waals surface area contributed by atoms with E-state index in [9.17, 15) is 4.79 Å². The molecule has 1 aliphatic rings. The summed E-state index contributed by atoms with van der Waals surface area (Å²) in [5, 5.41) is 9.48. The van der Waals surface area contributed by atoms with Crippen molar-refractivity contribution in [3.05, 3.63) is 96.6 Å². The fourth-order valence-electron chi connectivity index (χ4n) is 4.02. The molecule has 0 radical (unpaired) electrons. The first-order chi connectivity index (χ1) is 15.8. The molecule has 4 nitrogen and oxygen atoms in total. The maximum atomic E-state index is 12.8. The van der Waals surface area contributed by atoms with Gasteiger partial charge in [0, 0.05) is 17.8 Å². The van der Waals surface area contributed by atoms with Crippen molar-refractivity contribution in [3.8, 4) is 22.4 Å². The third-order valence-corrected chi connectivity index (χ3v) is 6.59. The molecule has 0 spiro atoms. The molecule has 0 saturated heterocycles. The Kier molecular flexibility index (Phi) is 5.99. The van der Waals surface area contributed by atoms with Gasteiger partial charge in [-0.25, -0.2) is 0 Å². The van der Waals surface area contributed by atoms with Gasteiger partial charge in [-0.3, -0.25) is 4.79 Å². The molecule has 0 bridgehead atoms. The molecule has 0 aliphatic carbocycles. The molecule has 0 N–H and O–H groups in total. The van der Waals surface area contributed by atoms with Crippen LogP contribution in [0.25, 0.3) is 22.4 Å². The van der Waals surface area contributed by atoms with Gasteiger partial charge in [0.15, 0.2) is 0 Å². The van der Waals surface area contributed by atoms with Gasteiger partial charge in [0.2, 0.25) is 5.91 Å². The van der Waals surface area contributed by atoms with Crippen molar-refractivity contribution in [2.75, 3.05) is 17.2 Å². The number of rotatable bonds is 5. The van der Waals surface area contributed by atoms with Crippen LogP contribution in [0.3, 0.4) is 0 Å². The molecule has 32 heavy (non-hydrogen) atoms. The zero-order valence-corrected chi connectivity index (χ0v) is 18.5. The number of carbonyl (C=O) groups is 1. The third kappa shape index (κ3) is 4.43. The molecule has 158 valence electrons. The van der Waals surface area contributed by atoms with E-state index in [1.54, 1.807) is 0 Å². The fraction of sp³-hybridized carbons (Fsp3) is 0.148. The Morgan fingerprint density at radius 2 is 1.50 bits per heavy atom. The van der Waals surface area contributed by atoms with Crippen molar-refractivity contribution >= 4 is 23.4 Å². The number of aryl methyl sites for hydroxylation is 1. The van der Waals surface area contributed by atoms with Crippen molar-refractivity contribution in [3.63, 3.8) is 0 Å².